The molecule has 0 aromatic heterocycles. The second-order valence-electron chi connectivity index (χ2n) is 0.620. The lowest BCUT2D eigenvalue weighted by atomic mass is 11.8. The zero-order chi connectivity index (χ0) is 5.21. The van der Waals surface area contributed by atoms with Crippen LogP contribution in [0.25, 0.3) is 0 Å². The van der Waals surface area contributed by atoms with E-state index in [1.54, 1.807) is 0 Å². The van der Waals surface area contributed by atoms with Crippen molar-refractivity contribution in [1.82, 2.24) is 0 Å². The maximum absolute atomic E-state index is 9.41. The van der Waals surface area contributed by atoms with Gasteiger partial charge < -0.3 is 9.79 Å². The molecule has 0 atom stereocenters. The van der Waals surface area contributed by atoms with Gasteiger partial charge in [0.05, 0.1) is 0 Å². The first-order valence-corrected chi connectivity index (χ1v) is 2.58. The van der Waals surface area contributed by atoms with Crippen LogP contribution in [0.5, 0.6) is 0 Å². The lowest BCUT2D eigenvalue weighted by molar-refractivity contribution is 0.255. The molecule has 0 heterocycles. The first-order chi connectivity index (χ1) is 2.56. The number of hydrogen-bond donors (Lipinski definition) is 2. The van der Waals surface area contributed by atoms with Crippen LogP contribution >= 0.6 is 7.82 Å². The highest BCUT2D eigenvalue weighted by Crippen LogP contribution is 2.34. The van der Waals surface area contributed by atoms with E-state index in [4.69, 9.17) is 9.79 Å². The Balaban J connectivity index is 3.48. The van der Waals surface area contributed by atoms with Gasteiger partial charge in [0.15, 0.2) is 0 Å². The molecule has 6 heavy (non-hydrogen) atoms. The van der Waals surface area contributed by atoms with Crippen LogP contribution < -0.4 is 0 Å². The quantitative estimate of drug-likeness (QED) is 0.366. The third kappa shape index (κ3) is 3.98. The van der Waals surface area contributed by atoms with Gasteiger partial charge in [0.1, 0.15) is 0 Å². The summed E-state index contributed by atoms with van der Waals surface area (Å²) in [7, 11) is -1.76. The molecule has 0 aromatic rings. The minimum Gasteiger partial charge on any atom is -0.300 e. The Labute approximate surface area is 35.0 Å². The Bertz CT molecular complexity index is 71.6. The van der Waals surface area contributed by atoms with Crippen LogP contribution in [-0.4, -0.2) is 9.79 Å². The second-order valence-corrected chi connectivity index (χ2v) is 1.86. The molecule has 4 nitrogen and oxygen atoms in total. The predicted molar refractivity (Wildman–Crippen MR) is 18.5 cm³/mol. The van der Waals surface area contributed by atoms with Crippen molar-refractivity contribution in [2.24, 2.45) is 0 Å². The molecule has 36 valence electrons. The fourth-order valence-corrected chi connectivity index (χ4v) is 0. The third-order valence-corrected chi connectivity index (χ3v) is 0.505. The van der Waals surface area contributed by atoms with E-state index < -0.39 is 7.82 Å². The SMILES string of the molecule is [CH2+]OP(=O)(O)O. The smallest absolute Gasteiger partial charge is 0.300 e. The molecule has 0 spiro atoms. The molecule has 0 bridgehead atoms. The summed E-state index contributed by atoms with van der Waals surface area (Å²) < 4.78 is 12.8. The molecule has 0 radical (unpaired) electrons. The van der Waals surface area contributed by atoms with Gasteiger partial charge in [0, 0.05) is 0 Å². The zero-order valence-electron chi connectivity index (χ0n) is 2.87. The van der Waals surface area contributed by atoms with Gasteiger partial charge in [-0.25, -0.2) is 4.57 Å². The summed E-state index contributed by atoms with van der Waals surface area (Å²) in [5.74, 6) is 0. The Morgan fingerprint density at radius 1 is 1.67 bits per heavy atom. The Hall–Kier alpha value is -0.0200. The van der Waals surface area contributed by atoms with Crippen LogP contribution in [0, 0.1) is 7.11 Å². The lowest BCUT2D eigenvalue weighted by Crippen LogP contribution is -1.73. The molecule has 0 aliphatic carbocycles. The van der Waals surface area contributed by atoms with E-state index in [9.17, 15) is 4.57 Å². The maximum Gasteiger partial charge on any atom is 0.509 e. The lowest BCUT2D eigenvalue weighted by Gasteiger charge is -1.86. The summed E-state index contributed by atoms with van der Waals surface area (Å²) in [6.45, 7) is 0. The van der Waals surface area contributed by atoms with Gasteiger partial charge in [-0.3, -0.25) is 0 Å². The van der Waals surface area contributed by atoms with Gasteiger partial charge in [-0.2, -0.15) is 0 Å². The molecule has 0 aliphatic rings. The number of hydrogen-bond acceptors (Lipinski definition) is 2. The van der Waals surface area contributed by atoms with Crippen LogP contribution in [0.4, 0.5) is 0 Å². The molecule has 5 heteroatoms. The van der Waals surface area contributed by atoms with Crippen LogP contribution in [0.3, 0.4) is 0 Å². The molecular formula is CH4O4P+. The minimum absolute atomic E-state index is 2.49. The van der Waals surface area contributed by atoms with E-state index in [1.807, 2.05) is 0 Å². The summed E-state index contributed by atoms with van der Waals surface area (Å²) in [4.78, 5) is 15.3. The molecule has 0 saturated carbocycles. The van der Waals surface area contributed by atoms with Crippen LogP contribution in [0.2, 0.25) is 0 Å². The third-order valence-electron chi connectivity index (χ3n) is 0.168. The van der Waals surface area contributed by atoms with Gasteiger partial charge >= 0.3 is 7.82 Å². The van der Waals surface area contributed by atoms with Crippen LogP contribution in [0.15, 0.2) is 0 Å². The number of phosphoric ester groups is 1. The molecule has 0 saturated heterocycles. The highest BCUT2D eigenvalue weighted by Gasteiger charge is 2.13. The van der Waals surface area contributed by atoms with Crippen molar-refractivity contribution in [1.29, 1.82) is 0 Å². The molecule has 0 fully saturated rings. The van der Waals surface area contributed by atoms with E-state index in [1.165, 1.54) is 0 Å². The number of phosphoric acid groups is 1. The first-order valence-electron chi connectivity index (χ1n) is 1.05. The monoisotopic (exact) mass is 111 g/mol. The summed E-state index contributed by atoms with van der Waals surface area (Å²) in [6, 6.07) is 0. The Kier molecular flexibility index (Phi) is 1.61. The maximum atomic E-state index is 9.41. The molecule has 0 amide bonds. The van der Waals surface area contributed by atoms with Crippen molar-refractivity contribution in [3.05, 3.63) is 7.11 Å². The van der Waals surface area contributed by atoms with E-state index in [-0.39, 0.29) is 0 Å². The highest BCUT2D eigenvalue weighted by molar-refractivity contribution is 7.46. The fraction of sp³-hybridized carbons (Fsp3) is 0. The van der Waals surface area contributed by atoms with Gasteiger partial charge in [-0.15, -0.1) is 0 Å². The van der Waals surface area contributed by atoms with Crippen LogP contribution in [0.1, 0.15) is 0 Å². The van der Waals surface area contributed by atoms with Crippen molar-refractivity contribution in [2.75, 3.05) is 0 Å². The molecular weight excluding hydrogens is 107 g/mol. The van der Waals surface area contributed by atoms with E-state index >= 15 is 0 Å². The average Bonchev–Trinajstić information content (AvgIpc) is 1.35. The van der Waals surface area contributed by atoms with Crippen LogP contribution in [-0.2, 0) is 9.09 Å². The standard InChI is InChI=1S/CH3O4P/c1-5-6(2,3)4/h1H2,(H-,2,3,4)/p+1. The first kappa shape index (κ1) is 5.98. The van der Waals surface area contributed by atoms with E-state index in [0.717, 1.165) is 0 Å². The predicted octanol–water partition coefficient (Wildman–Crippen LogP) is -0.113. The minimum atomic E-state index is -4.26. The average molecular weight is 111 g/mol. The van der Waals surface area contributed by atoms with Crippen molar-refractivity contribution >= 4 is 7.82 Å². The summed E-state index contributed by atoms with van der Waals surface area (Å²) in [5, 5.41) is 0. The fourth-order valence-electron chi connectivity index (χ4n) is 0. The van der Waals surface area contributed by atoms with E-state index in [2.05, 4.69) is 11.6 Å². The van der Waals surface area contributed by atoms with Gasteiger partial charge in [0.2, 0.25) is 7.11 Å². The summed E-state index contributed by atoms with van der Waals surface area (Å²) >= 11 is 0. The molecule has 0 aliphatic heterocycles. The van der Waals surface area contributed by atoms with Crippen molar-refractivity contribution in [3.63, 3.8) is 0 Å². The molecule has 0 rings (SSSR count). The Morgan fingerprint density at radius 3 is 1.83 bits per heavy atom. The van der Waals surface area contributed by atoms with E-state index in [0.29, 0.717) is 0 Å². The summed E-state index contributed by atoms with van der Waals surface area (Å²) in [5.41, 5.74) is 0. The van der Waals surface area contributed by atoms with Gasteiger partial charge in [0.25, 0.3) is 0 Å². The van der Waals surface area contributed by atoms with Crippen molar-refractivity contribution in [3.8, 4) is 0 Å². The molecule has 0 unspecified atom stereocenters. The largest absolute Gasteiger partial charge is 0.509 e. The van der Waals surface area contributed by atoms with Crippen molar-refractivity contribution in [2.45, 2.75) is 0 Å². The molecule has 0 aromatic carbocycles. The summed E-state index contributed by atoms with van der Waals surface area (Å²) in [6.07, 6.45) is 0. The zero-order valence-corrected chi connectivity index (χ0v) is 3.76. The van der Waals surface area contributed by atoms with Gasteiger partial charge in [-0.05, 0) is 0 Å². The Morgan fingerprint density at radius 2 is 1.83 bits per heavy atom. The topological polar surface area (TPSA) is 66.8 Å². The van der Waals surface area contributed by atoms with Crippen molar-refractivity contribution < 1.29 is 18.9 Å². The highest BCUT2D eigenvalue weighted by atomic mass is 31.2. The molecule has 2 N–H and O–H groups in total. The van der Waals surface area contributed by atoms with Gasteiger partial charge in [-0.1, -0.05) is 4.52 Å². The second kappa shape index (κ2) is 1.62. The normalized spacial score (nSPS) is 11.7. The number of rotatable bonds is 1.